The van der Waals surface area contributed by atoms with Gasteiger partial charge < -0.3 is 24.8 Å². The first-order valence-corrected chi connectivity index (χ1v) is 11.1. The molecule has 0 saturated carbocycles. The van der Waals surface area contributed by atoms with E-state index in [-0.39, 0.29) is 5.91 Å². The Morgan fingerprint density at radius 1 is 0.829 bits per heavy atom. The first-order chi connectivity index (χ1) is 17.1. The maximum atomic E-state index is 11.7. The number of benzene rings is 4. The molecular weight excluding hydrogens is 444 g/mol. The van der Waals surface area contributed by atoms with Crippen LogP contribution in [-0.4, -0.2) is 33.1 Å². The Balaban J connectivity index is 0.000000203. The van der Waals surface area contributed by atoms with E-state index in [1.165, 1.54) is 0 Å². The second-order valence-corrected chi connectivity index (χ2v) is 7.29. The molecule has 7 heteroatoms. The Morgan fingerprint density at radius 2 is 1.46 bits per heavy atom. The summed E-state index contributed by atoms with van der Waals surface area (Å²) in [5.74, 6) is 2.34. The van der Waals surface area contributed by atoms with Crippen LogP contribution in [0.4, 0.5) is 5.69 Å². The van der Waals surface area contributed by atoms with Gasteiger partial charge in [0, 0.05) is 30.3 Å². The second kappa shape index (κ2) is 12.6. The van der Waals surface area contributed by atoms with Gasteiger partial charge in [-0.2, -0.15) is 0 Å². The molecule has 4 rings (SSSR count). The lowest BCUT2D eigenvalue weighted by Crippen LogP contribution is -2.22. The standard InChI is InChI=1S/C15H15NO4.C13H13NO/c1-18-11-7-12(19-2)9-13(8-11)20-15-6-4-3-5-14(15)16-10-17;1-2-14-13(15)12-9-5-7-10-6-3-4-8-11(10)12/h3-10H,1-2H3,(H,16,17);3-9H,2H2,1H3,(H,14,15). The maximum Gasteiger partial charge on any atom is 0.251 e. The molecule has 0 aliphatic carbocycles. The van der Waals surface area contributed by atoms with Crippen LogP contribution in [0.25, 0.3) is 10.8 Å². The van der Waals surface area contributed by atoms with Crippen molar-refractivity contribution in [3.8, 4) is 23.0 Å². The van der Waals surface area contributed by atoms with E-state index in [1.807, 2.05) is 61.5 Å². The van der Waals surface area contributed by atoms with Gasteiger partial charge in [-0.1, -0.05) is 48.5 Å². The number of nitrogens with one attached hydrogen (secondary N) is 2. The number of carbonyl (C=O) groups is 2. The van der Waals surface area contributed by atoms with Gasteiger partial charge in [0.1, 0.15) is 17.2 Å². The summed E-state index contributed by atoms with van der Waals surface area (Å²) in [7, 11) is 3.14. The summed E-state index contributed by atoms with van der Waals surface area (Å²) >= 11 is 0. The lowest BCUT2D eigenvalue weighted by Gasteiger charge is -2.12. The molecule has 0 fully saturated rings. The number of methoxy groups -OCH3 is 2. The van der Waals surface area contributed by atoms with Crippen molar-refractivity contribution in [2.45, 2.75) is 6.92 Å². The molecule has 7 nitrogen and oxygen atoms in total. The lowest BCUT2D eigenvalue weighted by molar-refractivity contribution is -0.105. The fourth-order valence-corrected chi connectivity index (χ4v) is 3.38. The Bertz CT molecular complexity index is 1260. The molecule has 0 radical (unpaired) electrons. The van der Waals surface area contributed by atoms with Crippen LogP contribution in [0.5, 0.6) is 23.0 Å². The largest absolute Gasteiger partial charge is 0.496 e. The van der Waals surface area contributed by atoms with Gasteiger partial charge in [0.25, 0.3) is 5.91 Å². The average molecular weight is 473 g/mol. The smallest absolute Gasteiger partial charge is 0.251 e. The van der Waals surface area contributed by atoms with E-state index >= 15 is 0 Å². The lowest BCUT2D eigenvalue weighted by atomic mass is 10.0. The highest BCUT2D eigenvalue weighted by molar-refractivity contribution is 6.06. The Morgan fingerprint density at radius 3 is 2.14 bits per heavy atom. The minimum absolute atomic E-state index is 0.00528. The predicted molar refractivity (Wildman–Crippen MR) is 138 cm³/mol. The van der Waals surface area contributed by atoms with Crippen LogP contribution in [0.15, 0.2) is 84.9 Å². The number of fused-ring (bicyclic) bond motifs is 1. The SMILES string of the molecule is CCNC(=O)c1cccc2ccccc12.COc1cc(OC)cc(Oc2ccccc2NC=O)c1. The molecule has 0 aliphatic heterocycles. The summed E-state index contributed by atoms with van der Waals surface area (Å²) in [6.07, 6.45) is 0.606. The number of amides is 2. The zero-order valence-corrected chi connectivity index (χ0v) is 19.9. The Hall–Kier alpha value is -4.52. The van der Waals surface area contributed by atoms with Crippen LogP contribution in [0.1, 0.15) is 17.3 Å². The van der Waals surface area contributed by atoms with E-state index in [0.29, 0.717) is 41.6 Å². The van der Waals surface area contributed by atoms with Gasteiger partial charge in [0.15, 0.2) is 5.75 Å². The van der Waals surface area contributed by atoms with Crippen molar-refractivity contribution in [2.75, 3.05) is 26.1 Å². The van der Waals surface area contributed by atoms with Crippen LogP contribution >= 0.6 is 0 Å². The van der Waals surface area contributed by atoms with Gasteiger partial charge in [0.05, 0.1) is 19.9 Å². The van der Waals surface area contributed by atoms with Gasteiger partial charge >= 0.3 is 0 Å². The van der Waals surface area contributed by atoms with Gasteiger partial charge in [-0.05, 0) is 35.9 Å². The number of rotatable bonds is 8. The molecule has 0 aliphatic rings. The molecule has 0 aromatic heterocycles. The molecule has 0 saturated heterocycles. The summed E-state index contributed by atoms with van der Waals surface area (Å²) in [6, 6.07) is 26.1. The third kappa shape index (κ3) is 6.74. The maximum absolute atomic E-state index is 11.7. The molecule has 0 bridgehead atoms. The van der Waals surface area contributed by atoms with Crippen LogP contribution < -0.4 is 24.8 Å². The summed E-state index contributed by atoms with van der Waals surface area (Å²) < 4.78 is 16.1. The highest BCUT2D eigenvalue weighted by Gasteiger charge is 2.08. The quantitative estimate of drug-likeness (QED) is 0.324. The van der Waals surface area contributed by atoms with Gasteiger partial charge in [0.2, 0.25) is 6.41 Å². The highest BCUT2D eigenvalue weighted by atomic mass is 16.5. The topological polar surface area (TPSA) is 85.9 Å². The molecule has 35 heavy (non-hydrogen) atoms. The monoisotopic (exact) mass is 472 g/mol. The third-order valence-electron chi connectivity index (χ3n) is 5.03. The van der Waals surface area contributed by atoms with E-state index in [9.17, 15) is 9.59 Å². The molecule has 4 aromatic carbocycles. The Kier molecular flexibility index (Phi) is 9.07. The molecule has 0 heterocycles. The zero-order chi connectivity index (χ0) is 25.0. The van der Waals surface area contributed by atoms with Crippen molar-refractivity contribution >= 4 is 28.8 Å². The minimum atomic E-state index is -0.00528. The third-order valence-corrected chi connectivity index (χ3v) is 5.03. The molecule has 0 unspecified atom stereocenters. The summed E-state index contributed by atoms with van der Waals surface area (Å²) in [5.41, 5.74) is 1.33. The van der Waals surface area contributed by atoms with Crippen molar-refractivity contribution in [2.24, 2.45) is 0 Å². The summed E-state index contributed by atoms with van der Waals surface area (Å²) in [6.45, 7) is 2.57. The van der Waals surface area contributed by atoms with Crippen molar-refractivity contribution in [1.29, 1.82) is 0 Å². The van der Waals surface area contributed by atoms with E-state index < -0.39 is 0 Å². The molecule has 0 atom stereocenters. The van der Waals surface area contributed by atoms with Crippen LogP contribution in [0.2, 0.25) is 0 Å². The number of carbonyl (C=O) groups excluding carboxylic acids is 2. The number of anilines is 1. The van der Waals surface area contributed by atoms with Crippen molar-refractivity contribution in [3.05, 3.63) is 90.5 Å². The van der Waals surface area contributed by atoms with E-state index in [0.717, 1.165) is 16.3 Å². The highest BCUT2D eigenvalue weighted by Crippen LogP contribution is 2.33. The molecule has 2 amide bonds. The molecule has 0 spiro atoms. The van der Waals surface area contributed by atoms with Gasteiger partial charge in [-0.15, -0.1) is 0 Å². The van der Waals surface area contributed by atoms with Crippen molar-refractivity contribution in [3.63, 3.8) is 0 Å². The van der Waals surface area contributed by atoms with Crippen LogP contribution in [-0.2, 0) is 4.79 Å². The second-order valence-electron chi connectivity index (χ2n) is 7.29. The van der Waals surface area contributed by atoms with Crippen LogP contribution in [0, 0.1) is 0 Å². The summed E-state index contributed by atoms with van der Waals surface area (Å²) in [5, 5.41) is 7.50. The van der Waals surface area contributed by atoms with Crippen molar-refractivity contribution < 1.29 is 23.8 Å². The molecular formula is C28H28N2O5. The zero-order valence-electron chi connectivity index (χ0n) is 19.9. The fourth-order valence-electron chi connectivity index (χ4n) is 3.38. The average Bonchev–Trinajstić information content (AvgIpc) is 2.90. The van der Waals surface area contributed by atoms with Gasteiger partial charge in [-0.25, -0.2) is 0 Å². The van der Waals surface area contributed by atoms with E-state index in [1.54, 1.807) is 44.6 Å². The molecule has 4 aromatic rings. The van der Waals surface area contributed by atoms with Crippen molar-refractivity contribution in [1.82, 2.24) is 5.32 Å². The minimum Gasteiger partial charge on any atom is -0.496 e. The molecule has 2 N–H and O–H groups in total. The summed E-state index contributed by atoms with van der Waals surface area (Å²) in [4.78, 5) is 22.3. The first kappa shape index (κ1) is 25.1. The predicted octanol–water partition coefficient (Wildman–Crippen LogP) is 5.65. The van der Waals surface area contributed by atoms with Crippen LogP contribution in [0.3, 0.4) is 0 Å². The molecule has 180 valence electrons. The number of hydrogen-bond donors (Lipinski definition) is 2. The van der Waals surface area contributed by atoms with Gasteiger partial charge in [-0.3, -0.25) is 9.59 Å². The number of hydrogen-bond acceptors (Lipinski definition) is 5. The number of para-hydroxylation sites is 2. The van der Waals surface area contributed by atoms with E-state index in [4.69, 9.17) is 14.2 Å². The number of ether oxygens (including phenoxy) is 3. The normalized spacial score (nSPS) is 9.91. The first-order valence-electron chi connectivity index (χ1n) is 11.1. The fraction of sp³-hybridized carbons (Fsp3) is 0.143. The van der Waals surface area contributed by atoms with E-state index in [2.05, 4.69) is 10.6 Å². The Labute approximate surface area is 204 Å².